The van der Waals surface area contributed by atoms with Crippen LogP contribution >= 0.6 is 11.6 Å². The van der Waals surface area contributed by atoms with Gasteiger partial charge in [-0.15, -0.1) is 0 Å². The number of oxime groups is 1. The lowest BCUT2D eigenvalue weighted by Crippen LogP contribution is -2.14. The van der Waals surface area contributed by atoms with Crippen LogP contribution in [0, 0.1) is 0 Å². The number of amidine groups is 1. The van der Waals surface area contributed by atoms with Crippen molar-refractivity contribution in [2.75, 3.05) is 0 Å². The molecule has 1 aromatic carbocycles. The topological polar surface area (TPSA) is 71.5 Å². The number of nitrogens with zero attached hydrogens (tertiary/aromatic N) is 2. The van der Waals surface area contributed by atoms with Crippen LogP contribution in [-0.4, -0.2) is 16.0 Å². The number of hydrogen-bond donors (Lipinski definition) is 2. The Morgan fingerprint density at radius 2 is 2.25 bits per heavy atom. The van der Waals surface area contributed by atoms with Gasteiger partial charge in [0.15, 0.2) is 0 Å². The van der Waals surface area contributed by atoms with E-state index in [4.69, 9.17) is 22.5 Å². The summed E-state index contributed by atoms with van der Waals surface area (Å²) >= 11 is 5.85. The molecule has 0 bridgehead atoms. The third kappa shape index (κ3) is 2.23. The van der Waals surface area contributed by atoms with Gasteiger partial charge in [-0.25, -0.2) is 0 Å². The first-order valence-electron chi connectivity index (χ1n) is 4.69. The van der Waals surface area contributed by atoms with Crippen molar-refractivity contribution in [2.45, 2.75) is 6.42 Å². The molecule has 82 valence electrons. The highest BCUT2D eigenvalue weighted by Crippen LogP contribution is 2.18. The Labute approximate surface area is 97.3 Å². The molecule has 1 aromatic heterocycles. The summed E-state index contributed by atoms with van der Waals surface area (Å²) in [5.74, 6) is 0.175. The first kappa shape index (κ1) is 10.7. The Kier molecular flexibility index (Phi) is 2.92. The van der Waals surface area contributed by atoms with Gasteiger partial charge in [0.2, 0.25) is 0 Å². The maximum Gasteiger partial charge on any atom is 0.143 e. The Morgan fingerprint density at radius 3 is 3.00 bits per heavy atom. The largest absolute Gasteiger partial charge is 0.409 e. The zero-order chi connectivity index (χ0) is 11.5. The van der Waals surface area contributed by atoms with Crippen LogP contribution in [0.2, 0.25) is 5.02 Å². The highest BCUT2D eigenvalue weighted by atomic mass is 35.5. The summed E-state index contributed by atoms with van der Waals surface area (Å²) in [6.45, 7) is 0. The van der Waals surface area contributed by atoms with E-state index in [2.05, 4.69) is 10.1 Å². The molecule has 0 spiro atoms. The molecule has 1 heterocycles. The fraction of sp³-hybridized carbons (Fsp3) is 0.0909. The normalized spacial score (nSPS) is 11.9. The van der Waals surface area contributed by atoms with E-state index in [9.17, 15) is 0 Å². The number of aromatic nitrogens is 1. The Morgan fingerprint density at radius 1 is 1.44 bits per heavy atom. The lowest BCUT2D eigenvalue weighted by molar-refractivity contribution is 0.317. The van der Waals surface area contributed by atoms with Crippen molar-refractivity contribution in [3.05, 3.63) is 41.0 Å². The summed E-state index contributed by atoms with van der Waals surface area (Å²) in [6.07, 6.45) is 2.01. The van der Waals surface area contributed by atoms with E-state index in [0.717, 1.165) is 16.5 Å². The van der Waals surface area contributed by atoms with E-state index in [0.29, 0.717) is 11.4 Å². The molecule has 0 fully saturated rings. The Balaban J connectivity index is 2.42. The quantitative estimate of drug-likeness (QED) is 0.363. The molecule has 0 aliphatic carbocycles. The second kappa shape index (κ2) is 4.37. The van der Waals surface area contributed by atoms with Gasteiger partial charge in [0, 0.05) is 18.0 Å². The predicted octanol–water partition coefficient (Wildman–Crippen LogP) is 2.18. The van der Waals surface area contributed by atoms with Gasteiger partial charge >= 0.3 is 0 Å². The molecule has 16 heavy (non-hydrogen) atoms. The molecular formula is C11H10ClN3O. The molecule has 5 heteroatoms. The van der Waals surface area contributed by atoms with Crippen LogP contribution in [0.15, 0.2) is 35.6 Å². The predicted molar refractivity (Wildman–Crippen MR) is 63.9 cm³/mol. The van der Waals surface area contributed by atoms with E-state index in [1.165, 1.54) is 0 Å². The average molecular weight is 236 g/mol. The molecule has 0 amide bonds. The first-order valence-corrected chi connectivity index (χ1v) is 5.07. The second-order valence-electron chi connectivity index (χ2n) is 3.45. The molecule has 0 saturated heterocycles. The van der Waals surface area contributed by atoms with Gasteiger partial charge in [-0.3, -0.25) is 4.98 Å². The van der Waals surface area contributed by atoms with Crippen LogP contribution < -0.4 is 5.73 Å². The third-order valence-corrected chi connectivity index (χ3v) is 2.43. The fourth-order valence-corrected chi connectivity index (χ4v) is 1.67. The van der Waals surface area contributed by atoms with Crippen LogP contribution in [-0.2, 0) is 6.42 Å². The molecule has 0 atom stereocenters. The van der Waals surface area contributed by atoms with E-state index in [1.807, 2.05) is 24.3 Å². The van der Waals surface area contributed by atoms with E-state index in [1.54, 1.807) is 6.20 Å². The number of fused-ring (bicyclic) bond motifs is 1. The van der Waals surface area contributed by atoms with Crippen molar-refractivity contribution in [3.63, 3.8) is 0 Å². The van der Waals surface area contributed by atoms with Crippen LogP contribution in [0.4, 0.5) is 0 Å². The summed E-state index contributed by atoms with van der Waals surface area (Å²) in [7, 11) is 0. The molecule has 2 rings (SSSR count). The number of nitrogens with two attached hydrogens (primary N) is 1. The fourth-order valence-electron chi connectivity index (χ4n) is 1.51. The van der Waals surface area contributed by atoms with E-state index in [-0.39, 0.29) is 5.84 Å². The zero-order valence-corrected chi connectivity index (χ0v) is 9.15. The van der Waals surface area contributed by atoms with Crippen LogP contribution in [0.1, 0.15) is 5.56 Å². The summed E-state index contributed by atoms with van der Waals surface area (Å²) in [6, 6.07) is 7.53. The standard InChI is InChI=1S/C11H10ClN3O/c12-9-5-8-3-7(4-11(13)15-16)1-2-10(8)14-6-9/h1-3,5-6,16H,4H2,(H2,13,15). The highest BCUT2D eigenvalue weighted by Gasteiger charge is 2.01. The highest BCUT2D eigenvalue weighted by molar-refractivity contribution is 6.31. The minimum Gasteiger partial charge on any atom is -0.409 e. The van der Waals surface area contributed by atoms with Gasteiger partial charge in [0.05, 0.1) is 10.5 Å². The number of pyridine rings is 1. The molecule has 0 saturated carbocycles. The SMILES string of the molecule is N/C(Cc1ccc2ncc(Cl)cc2c1)=N\O. The lowest BCUT2D eigenvalue weighted by Gasteiger charge is -2.02. The molecule has 0 aliphatic heterocycles. The summed E-state index contributed by atoms with van der Waals surface area (Å²) in [5.41, 5.74) is 7.26. The van der Waals surface area contributed by atoms with Crippen LogP contribution in [0.5, 0.6) is 0 Å². The number of benzene rings is 1. The maximum atomic E-state index is 8.48. The summed E-state index contributed by atoms with van der Waals surface area (Å²) < 4.78 is 0. The second-order valence-corrected chi connectivity index (χ2v) is 3.89. The molecule has 0 unspecified atom stereocenters. The van der Waals surface area contributed by atoms with E-state index >= 15 is 0 Å². The van der Waals surface area contributed by atoms with Crippen molar-refractivity contribution in [2.24, 2.45) is 10.9 Å². The van der Waals surface area contributed by atoms with Crippen molar-refractivity contribution in [1.82, 2.24) is 4.98 Å². The van der Waals surface area contributed by atoms with Gasteiger partial charge in [-0.1, -0.05) is 22.8 Å². The molecular weight excluding hydrogens is 226 g/mol. The number of hydrogen-bond acceptors (Lipinski definition) is 3. The van der Waals surface area contributed by atoms with E-state index < -0.39 is 0 Å². The minimum absolute atomic E-state index is 0.175. The van der Waals surface area contributed by atoms with Gasteiger partial charge < -0.3 is 10.9 Å². The molecule has 4 nitrogen and oxygen atoms in total. The molecule has 0 radical (unpaired) electrons. The van der Waals surface area contributed by atoms with Crippen LogP contribution in [0.25, 0.3) is 10.9 Å². The van der Waals surface area contributed by atoms with Crippen molar-refractivity contribution < 1.29 is 5.21 Å². The molecule has 0 aliphatic rings. The van der Waals surface area contributed by atoms with Gasteiger partial charge in [0.25, 0.3) is 0 Å². The zero-order valence-electron chi connectivity index (χ0n) is 8.39. The summed E-state index contributed by atoms with van der Waals surface area (Å²) in [5, 5.41) is 12.9. The smallest absolute Gasteiger partial charge is 0.143 e. The van der Waals surface area contributed by atoms with Gasteiger partial charge in [0.1, 0.15) is 5.84 Å². The number of rotatable bonds is 2. The van der Waals surface area contributed by atoms with Gasteiger partial charge in [-0.05, 0) is 23.8 Å². The first-order chi connectivity index (χ1) is 7.69. The minimum atomic E-state index is 0.175. The molecule has 3 N–H and O–H groups in total. The van der Waals surface area contributed by atoms with Gasteiger partial charge in [-0.2, -0.15) is 0 Å². The Hall–Kier alpha value is -1.81. The van der Waals surface area contributed by atoms with Crippen molar-refractivity contribution in [1.29, 1.82) is 0 Å². The lowest BCUT2D eigenvalue weighted by atomic mass is 10.1. The third-order valence-electron chi connectivity index (χ3n) is 2.23. The Bertz CT molecular complexity index is 554. The molecule has 2 aromatic rings. The summed E-state index contributed by atoms with van der Waals surface area (Å²) in [4.78, 5) is 4.18. The van der Waals surface area contributed by atoms with Crippen molar-refractivity contribution in [3.8, 4) is 0 Å². The van der Waals surface area contributed by atoms with Crippen molar-refractivity contribution >= 4 is 28.3 Å². The maximum absolute atomic E-state index is 8.48. The van der Waals surface area contributed by atoms with Crippen LogP contribution in [0.3, 0.4) is 0 Å². The monoisotopic (exact) mass is 235 g/mol. The average Bonchev–Trinajstić information content (AvgIpc) is 2.28. The number of halogens is 1.